The van der Waals surface area contributed by atoms with Gasteiger partial charge in [-0.3, -0.25) is 9.89 Å². The van der Waals surface area contributed by atoms with Gasteiger partial charge in [-0.05, 0) is 37.4 Å². The van der Waals surface area contributed by atoms with E-state index in [0.717, 1.165) is 77.6 Å². The summed E-state index contributed by atoms with van der Waals surface area (Å²) in [6.45, 7) is 8.52. The van der Waals surface area contributed by atoms with Crippen LogP contribution in [0.1, 0.15) is 12.8 Å². The van der Waals surface area contributed by atoms with Crippen LogP contribution in [0.25, 0.3) is 0 Å². The molecule has 1 atom stereocenters. The maximum atomic E-state index is 6.03. The van der Waals surface area contributed by atoms with Gasteiger partial charge in [0.2, 0.25) is 0 Å². The van der Waals surface area contributed by atoms with E-state index in [0.29, 0.717) is 11.9 Å². The minimum absolute atomic E-state index is 0.531. The van der Waals surface area contributed by atoms with Crippen LogP contribution in [0.3, 0.4) is 0 Å². The molecule has 2 saturated heterocycles. The van der Waals surface area contributed by atoms with Crippen molar-refractivity contribution < 1.29 is 9.47 Å². The Labute approximate surface area is 162 Å². The van der Waals surface area contributed by atoms with Gasteiger partial charge in [0.15, 0.2) is 5.96 Å². The first-order valence-electron chi connectivity index (χ1n) is 9.98. The van der Waals surface area contributed by atoms with E-state index >= 15 is 0 Å². The van der Waals surface area contributed by atoms with E-state index < -0.39 is 0 Å². The number of ether oxygens (including phenoxy) is 2. The average molecular weight is 376 g/mol. The summed E-state index contributed by atoms with van der Waals surface area (Å²) in [7, 11) is 1.72. The lowest BCUT2D eigenvalue weighted by Gasteiger charge is -2.26. The Hall–Kier alpha value is -1.99. The number of nitrogens with one attached hydrogen (secondary N) is 1. The highest BCUT2D eigenvalue weighted by Crippen LogP contribution is 2.31. The molecule has 27 heavy (non-hydrogen) atoms. The number of hydrogen-bond donors (Lipinski definition) is 2. The predicted molar refractivity (Wildman–Crippen MR) is 110 cm³/mol. The van der Waals surface area contributed by atoms with Crippen molar-refractivity contribution in [2.75, 3.05) is 71.0 Å². The second kappa shape index (κ2) is 10.4. The molecule has 0 aromatic heterocycles. The third-order valence-corrected chi connectivity index (χ3v) is 5.29. The number of benzene rings is 1. The van der Waals surface area contributed by atoms with E-state index in [-0.39, 0.29) is 0 Å². The van der Waals surface area contributed by atoms with Crippen molar-refractivity contribution in [1.82, 2.24) is 10.2 Å². The molecule has 0 amide bonds. The smallest absolute Gasteiger partial charge is 0.188 e. The number of rotatable bonds is 8. The van der Waals surface area contributed by atoms with Crippen LogP contribution in [0, 0.1) is 5.92 Å². The van der Waals surface area contributed by atoms with Gasteiger partial charge >= 0.3 is 0 Å². The lowest BCUT2D eigenvalue weighted by Crippen LogP contribution is -2.39. The molecule has 0 spiro atoms. The van der Waals surface area contributed by atoms with Crippen LogP contribution in [-0.4, -0.2) is 77.0 Å². The van der Waals surface area contributed by atoms with Crippen LogP contribution in [-0.2, 0) is 4.74 Å². The molecule has 3 rings (SSSR count). The lowest BCUT2D eigenvalue weighted by atomic mass is 10.1. The minimum Gasteiger partial charge on any atom is -0.495 e. The quantitative estimate of drug-likeness (QED) is 0.403. The molecule has 150 valence electrons. The maximum Gasteiger partial charge on any atom is 0.188 e. The molecule has 2 fully saturated rings. The van der Waals surface area contributed by atoms with Gasteiger partial charge in [0.25, 0.3) is 0 Å². The van der Waals surface area contributed by atoms with Gasteiger partial charge in [-0.2, -0.15) is 0 Å². The Morgan fingerprint density at radius 2 is 2.11 bits per heavy atom. The van der Waals surface area contributed by atoms with Gasteiger partial charge in [0, 0.05) is 39.3 Å². The van der Waals surface area contributed by atoms with Crippen molar-refractivity contribution in [2.45, 2.75) is 12.8 Å². The molecular weight excluding hydrogens is 342 g/mol. The standard InChI is InChI=1S/C20H33N5O2/c1-26-19-6-3-2-5-18(19)25-10-7-17(16-25)15-23-20(21)22-8-4-9-24-11-13-27-14-12-24/h2-3,5-6,17H,4,7-16H2,1H3,(H3,21,22,23). The van der Waals surface area contributed by atoms with E-state index in [1.807, 2.05) is 12.1 Å². The number of morpholine rings is 1. The lowest BCUT2D eigenvalue weighted by molar-refractivity contribution is 0.0376. The van der Waals surface area contributed by atoms with Gasteiger partial charge in [-0.15, -0.1) is 0 Å². The Morgan fingerprint density at radius 3 is 2.93 bits per heavy atom. The van der Waals surface area contributed by atoms with Crippen LogP contribution >= 0.6 is 0 Å². The summed E-state index contributed by atoms with van der Waals surface area (Å²) in [6.07, 6.45) is 2.20. The molecule has 0 aliphatic carbocycles. The van der Waals surface area contributed by atoms with E-state index in [9.17, 15) is 0 Å². The zero-order valence-electron chi connectivity index (χ0n) is 16.4. The summed E-state index contributed by atoms with van der Waals surface area (Å²) < 4.78 is 10.8. The van der Waals surface area contributed by atoms with Crippen molar-refractivity contribution in [3.8, 4) is 5.75 Å². The molecule has 2 heterocycles. The minimum atomic E-state index is 0.531. The molecule has 2 aliphatic rings. The molecule has 3 N–H and O–H groups in total. The van der Waals surface area contributed by atoms with E-state index in [1.165, 1.54) is 5.69 Å². The second-order valence-corrected chi connectivity index (χ2v) is 7.23. The first-order chi connectivity index (χ1) is 13.3. The molecule has 1 unspecified atom stereocenters. The summed E-state index contributed by atoms with van der Waals surface area (Å²) >= 11 is 0. The van der Waals surface area contributed by atoms with Gasteiger partial charge < -0.3 is 25.4 Å². The highest BCUT2D eigenvalue weighted by Gasteiger charge is 2.24. The molecule has 1 aromatic carbocycles. The SMILES string of the molecule is COc1ccccc1N1CCC(CN=C(N)NCCCN2CCOCC2)C1. The van der Waals surface area contributed by atoms with Gasteiger partial charge in [0.1, 0.15) is 5.75 Å². The molecule has 0 saturated carbocycles. The molecule has 0 radical (unpaired) electrons. The Bertz CT molecular complexity index is 604. The van der Waals surface area contributed by atoms with Gasteiger partial charge in [-0.25, -0.2) is 0 Å². The predicted octanol–water partition coefficient (Wildman–Crippen LogP) is 1.15. The number of aliphatic imine (C=N–C) groups is 1. The molecule has 1 aromatic rings. The fourth-order valence-corrected chi connectivity index (χ4v) is 3.72. The monoisotopic (exact) mass is 375 g/mol. The van der Waals surface area contributed by atoms with E-state index in [2.05, 4.69) is 32.2 Å². The largest absolute Gasteiger partial charge is 0.495 e. The molecule has 7 heteroatoms. The third-order valence-electron chi connectivity index (χ3n) is 5.29. The molecular formula is C20H33N5O2. The molecule has 2 aliphatic heterocycles. The summed E-state index contributed by atoms with van der Waals surface area (Å²) in [6, 6.07) is 8.20. The van der Waals surface area contributed by atoms with E-state index in [1.54, 1.807) is 7.11 Å². The number of nitrogens with zero attached hydrogens (tertiary/aromatic N) is 3. The fourth-order valence-electron chi connectivity index (χ4n) is 3.72. The zero-order valence-corrected chi connectivity index (χ0v) is 16.4. The Morgan fingerprint density at radius 1 is 1.30 bits per heavy atom. The summed E-state index contributed by atoms with van der Waals surface area (Å²) in [5.74, 6) is 2.03. The summed E-state index contributed by atoms with van der Waals surface area (Å²) in [4.78, 5) is 9.37. The zero-order chi connectivity index (χ0) is 18.9. The third kappa shape index (κ3) is 6.01. The van der Waals surface area contributed by atoms with Gasteiger partial charge in [0.05, 0.1) is 26.0 Å². The van der Waals surface area contributed by atoms with Crippen LogP contribution in [0.4, 0.5) is 5.69 Å². The van der Waals surface area contributed by atoms with Crippen molar-refractivity contribution in [2.24, 2.45) is 16.6 Å². The summed E-state index contributed by atoms with van der Waals surface area (Å²) in [5.41, 5.74) is 7.20. The van der Waals surface area contributed by atoms with Crippen molar-refractivity contribution >= 4 is 11.6 Å². The Balaban J connectivity index is 1.35. The van der Waals surface area contributed by atoms with Gasteiger partial charge in [-0.1, -0.05) is 12.1 Å². The van der Waals surface area contributed by atoms with Crippen molar-refractivity contribution in [3.63, 3.8) is 0 Å². The number of para-hydroxylation sites is 2. The topological polar surface area (TPSA) is 75.3 Å². The number of anilines is 1. The van der Waals surface area contributed by atoms with Crippen molar-refractivity contribution in [1.29, 1.82) is 0 Å². The van der Waals surface area contributed by atoms with Crippen LogP contribution in [0.2, 0.25) is 0 Å². The number of nitrogens with two attached hydrogens (primary N) is 1. The fraction of sp³-hybridized carbons (Fsp3) is 0.650. The maximum absolute atomic E-state index is 6.03. The second-order valence-electron chi connectivity index (χ2n) is 7.23. The number of methoxy groups -OCH3 is 1. The highest BCUT2D eigenvalue weighted by molar-refractivity contribution is 5.77. The number of guanidine groups is 1. The first-order valence-corrected chi connectivity index (χ1v) is 9.98. The van der Waals surface area contributed by atoms with Crippen molar-refractivity contribution in [3.05, 3.63) is 24.3 Å². The average Bonchev–Trinajstić information content (AvgIpc) is 3.19. The van der Waals surface area contributed by atoms with Crippen LogP contribution < -0.4 is 20.7 Å². The van der Waals surface area contributed by atoms with Crippen LogP contribution in [0.15, 0.2) is 29.3 Å². The molecule has 7 nitrogen and oxygen atoms in total. The normalized spacial score (nSPS) is 21.4. The Kier molecular flexibility index (Phi) is 7.59. The van der Waals surface area contributed by atoms with E-state index in [4.69, 9.17) is 15.2 Å². The van der Waals surface area contributed by atoms with Crippen LogP contribution in [0.5, 0.6) is 5.75 Å². The highest BCUT2D eigenvalue weighted by atomic mass is 16.5. The molecule has 0 bridgehead atoms. The number of hydrogen-bond acceptors (Lipinski definition) is 5. The first kappa shape index (κ1) is 19.8. The summed E-state index contributed by atoms with van der Waals surface area (Å²) in [5, 5.41) is 3.24.